The van der Waals surface area contributed by atoms with Gasteiger partial charge in [-0.1, -0.05) is 403 Å². The lowest BCUT2D eigenvalue weighted by atomic mass is 10.4. The summed E-state index contributed by atoms with van der Waals surface area (Å²) in [5, 5.41) is 0. The molecule has 0 aliphatic rings. The van der Waals surface area contributed by atoms with Gasteiger partial charge in [0.2, 0.25) is 0 Å². The highest BCUT2D eigenvalue weighted by molar-refractivity contribution is 5.02. The Labute approximate surface area is 502 Å². The van der Waals surface area contributed by atoms with Gasteiger partial charge < -0.3 is 45.9 Å². The average Bonchev–Trinajstić information content (AvgIpc) is 3.60. The highest BCUT2D eigenvalue weighted by Gasteiger charge is 1.61. The monoisotopic (exact) mass is 1120 g/mol. The van der Waals surface area contributed by atoms with Gasteiger partial charge in [0.1, 0.15) is 0 Å². The van der Waals surface area contributed by atoms with E-state index < -0.39 is 0 Å². The number of hydrogen-bond acceptors (Lipinski definition) is 8. The van der Waals surface area contributed by atoms with E-state index in [4.69, 9.17) is 0 Å². The normalized spacial score (nSPS) is 5.85. The maximum Gasteiger partial charge on any atom is -0.0195 e. The fraction of sp³-hybridized carbons (Fsp3) is 0.493. The predicted octanol–water partition coefficient (Wildman–Crippen LogP) is 20.0. The van der Waals surface area contributed by atoms with Gasteiger partial charge in [-0.15, -0.1) is 0 Å². The molecule has 476 valence electrons. The Bertz CT molecular complexity index is 782. The van der Waals surface area contributed by atoms with E-state index in [0.717, 1.165) is 0 Å². The lowest BCUT2D eigenvalue weighted by Gasteiger charge is -1.69. The van der Waals surface area contributed by atoms with E-state index in [1.54, 1.807) is 0 Å². The third kappa shape index (κ3) is 383. The first-order valence-electron chi connectivity index (χ1n) is 29.7. The molecule has 6 aromatic rings. The first kappa shape index (κ1) is 130. The van der Waals surface area contributed by atoms with E-state index >= 15 is 0 Å². The van der Waals surface area contributed by atoms with Crippen molar-refractivity contribution in [1.82, 2.24) is 0 Å². The van der Waals surface area contributed by atoms with Crippen LogP contribution in [-0.4, -0.2) is 56.4 Å². The van der Waals surface area contributed by atoms with Crippen LogP contribution in [0, 0.1) is 0 Å². The van der Waals surface area contributed by atoms with Gasteiger partial charge in [-0.25, -0.2) is 0 Å². The molecule has 0 saturated carbocycles. The minimum absolute atomic E-state index is 1.25. The maximum atomic E-state index is 4.50. The average molecular weight is 1120 g/mol. The van der Waals surface area contributed by atoms with Crippen molar-refractivity contribution in [1.29, 1.82) is 0 Å². The molecular formula is C71H152N8. The minimum atomic E-state index is 1.25. The summed E-state index contributed by atoms with van der Waals surface area (Å²) >= 11 is 0. The van der Waals surface area contributed by atoms with Crippen LogP contribution >= 0.6 is 0 Å². The summed E-state index contributed by atoms with van der Waals surface area (Å²) in [6.45, 7) is 45.2. The molecular weight excluding hydrogens is 965 g/mol. The zero-order chi connectivity index (χ0) is 67.0. The topological polar surface area (TPSA) is 208 Å². The molecule has 0 aliphatic carbocycles. The van der Waals surface area contributed by atoms with Crippen LogP contribution in [-0.2, 0) is 0 Å². The minimum Gasteiger partial charge on any atom is -0.333 e. The quantitative estimate of drug-likeness (QED) is 0.0732. The maximum absolute atomic E-state index is 4.50. The molecule has 0 saturated heterocycles. The molecule has 79 heavy (non-hydrogen) atoms. The van der Waals surface area contributed by atoms with Crippen LogP contribution in [0.15, 0.2) is 218 Å². The third-order valence-electron chi connectivity index (χ3n) is 4.00. The van der Waals surface area contributed by atoms with Crippen LogP contribution in [0.5, 0.6) is 0 Å². The Morgan fingerprint density at radius 3 is 0.139 bits per heavy atom. The van der Waals surface area contributed by atoms with Crippen molar-refractivity contribution >= 4 is 0 Å². The first-order valence-corrected chi connectivity index (χ1v) is 29.7. The zero-order valence-electron chi connectivity index (χ0n) is 58.9. The van der Waals surface area contributed by atoms with Gasteiger partial charge >= 0.3 is 0 Å². The van der Waals surface area contributed by atoms with Gasteiger partial charge in [0, 0.05) is 0 Å². The molecule has 0 spiro atoms. The second-order valence-corrected chi connectivity index (χ2v) is 10.5. The fourth-order valence-corrected chi connectivity index (χ4v) is 2.31. The molecule has 0 heterocycles. The highest BCUT2D eigenvalue weighted by atomic mass is 14.4. The number of nitrogens with two attached hydrogens (primary N) is 8. The molecule has 6 aromatic carbocycles. The summed E-state index contributed by atoms with van der Waals surface area (Å²) < 4.78 is 0. The van der Waals surface area contributed by atoms with E-state index in [1.807, 2.05) is 301 Å². The van der Waals surface area contributed by atoms with Crippen LogP contribution < -0.4 is 45.9 Å². The number of hydrogen-bond donors (Lipinski definition) is 8. The van der Waals surface area contributed by atoms with Gasteiger partial charge in [-0.2, -0.15) is 0 Å². The van der Waals surface area contributed by atoms with Crippen molar-refractivity contribution in [3.8, 4) is 0 Å². The summed E-state index contributed by atoms with van der Waals surface area (Å²) in [6.07, 6.45) is 6.25. The van der Waals surface area contributed by atoms with Crippen LogP contribution in [0.2, 0.25) is 0 Å². The Hall–Kier alpha value is -5.00. The Morgan fingerprint density at radius 2 is 0.127 bits per heavy atom. The van der Waals surface area contributed by atoms with Gasteiger partial charge in [0.15, 0.2) is 0 Å². The molecule has 8 nitrogen and oxygen atoms in total. The lowest BCUT2D eigenvalue weighted by Crippen LogP contribution is -1.69. The highest BCUT2D eigenvalue weighted by Crippen LogP contribution is 1.83. The molecule has 0 aliphatic heterocycles. The van der Waals surface area contributed by atoms with Crippen LogP contribution in [0.1, 0.15) is 184 Å². The van der Waals surface area contributed by atoms with Crippen LogP contribution in [0.3, 0.4) is 0 Å². The van der Waals surface area contributed by atoms with Crippen molar-refractivity contribution in [3.05, 3.63) is 218 Å². The standard InChI is InChI=1S/6C6H6.5C3H8.6C2H6.8CH5N/c6*1-2-4-6-5-3-1;5*1-3-2;14*1-2/h6*1-6H;5*3H2,1-2H3;6*1-2H3;8*2H2,1H3. The van der Waals surface area contributed by atoms with Crippen molar-refractivity contribution < 1.29 is 0 Å². The molecule has 16 N–H and O–H groups in total. The molecule has 0 bridgehead atoms. The summed E-state index contributed by atoms with van der Waals surface area (Å²) in [4.78, 5) is 0. The Balaban J connectivity index is -0.0000000285. The summed E-state index contributed by atoms with van der Waals surface area (Å²) in [6, 6.07) is 72.0. The fourth-order valence-electron chi connectivity index (χ4n) is 2.31. The van der Waals surface area contributed by atoms with Gasteiger partial charge in [0.25, 0.3) is 0 Å². The number of rotatable bonds is 0. The van der Waals surface area contributed by atoms with Crippen LogP contribution in [0.4, 0.5) is 0 Å². The Morgan fingerprint density at radius 1 is 0.114 bits per heavy atom. The summed E-state index contributed by atoms with van der Waals surface area (Å²) in [5.41, 5.74) is 36.0. The molecule has 6 rings (SSSR count). The molecule has 0 unspecified atom stereocenters. The molecule has 0 atom stereocenters. The molecule has 8 heteroatoms. The second kappa shape index (κ2) is 292. The lowest BCUT2D eigenvalue weighted by molar-refractivity contribution is 1.09. The Kier molecular flexibility index (Phi) is 482. The number of benzene rings is 6. The molecule has 0 radical (unpaired) electrons. The van der Waals surface area contributed by atoms with Gasteiger partial charge in [-0.3, -0.25) is 0 Å². The largest absolute Gasteiger partial charge is 0.333 e. The van der Waals surface area contributed by atoms with E-state index in [0.29, 0.717) is 0 Å². The second-order valence-electron chi connectivity index (χ2n) is 10.5. The predicted molar refractivity (Wildman–Crippen MR) is 387 cm³/mol. The molecule has 0 aromatic heterocycles. The van der Waals surface area contributed by atoms with Gasteiger partial charge in [0.05, 0.1) is 0 Å². The smallest absolute Gasteiger partial charge is 0.0195 e. The van der Waals surface area contributed by atoms with E-state index in [9.17, 15) is 0 Å². The molecule has 0 amide bonds. The molecule has 0 fully saturated rings. The summed E-state index contributed by atoms with van der Waals surface area (Å²) in [5.74, 6) is 0. The van der Waals surface area contributed by atoms with E-state index in [-0.39, 0.29) is 0 Å². The van der Waals surface area contributed by atoms with Crippen molar-refractivity contribution in [3.63, 3.8) is 0 Å². The SMILES string of the molecule is CC.CC.CC.CC.CC.CC.CCC.CCC.CCC.CCC.CCC.CN.CN.CN.CN.CN.CN.CN.CN.c1ccccc1.c1ccccc1.c1ccccc1.c1ccccc1.c1ccccc1.c1ccccc1. The van der Waals surface area contributed by atoms with Crippen molar-refractivity contribution in [2.45, 2.75) is 184 Å². The third-order valence-corrected chi connectivity index (χ3v) is 4.00. The van der Waals surface area contributed by atoms with E-state index in [2.05, 4.69) is 115 Å². The first-order chi connectivity index (χ1) is 39.1. The zero-order valence-corrected chi connectivity index (χ0v) is 58.9. The van der Waals surface area contributed by atoms with Crippen molar-refractivity contribution in [2.75, 3.05) is 56.4 Å². The van der Waals surface area contributed by atoms with Crippen LogP contribution in [0.25, 0.3) is 0 Å². The van der Waals surface area contributed by atoms with Crippen molar-refractivity contribution in [2.24, 2.45) is 45.9 Å². The van der Waals surface area contributed by atoms with E-state index in [1.165, 1.54) is 88.5 Å². The summed E-state index contributed by atoms with van der Waals surface area (Å²) in [7, 11) is 12.0. The van der Waals surface area contributed by atoms with Gasteiger partial charge in [-0.05, 0) is 56.4 Å².